The van der Waals surface area contributed by atoms with Crippen molar-refractivity contribution in [3.8, 4) is 5.75 Å². The summed E-state index contributed by atoms with van der Waals surface area (Å²) in [6.07, 6.45) is 1.52. The number of hydrogen-bond acceptors (Lipinski definition) is 8. The molecule has 2 aromatic heterocycles. The minimum atomic E-state index is -0.421. The van der Waals surface area contributed by atoms with Crippen LogP contribution in [0.1, 0.15) is 5.69 Å². The topological polar surface area (TPSA) is 102 Å². The zero-order chi connectivity index (χ0) is 19.5. The van der Waals surface area contributed by atoms with Gasteiger partial charge in [0.15, 0.2) is 5.75 Å². The summed E-state index contributed by atoms with van der Waals surface area (Å²) in [6, 6.07) is 8.48. The molecule has 146 valence electrons. The molecular formula is C18H21N7O3. The smallest absolute Gasteiger partial charge is 0.310 e. The van der Waals surface area contributed by atoms with Gasteiger partial charge in [0, 0.05) is 50.6 Å². The molecular weight excluding hydrogens is 362 g/mol. The van der Waals surface area contributed by atoms with E-state index in [1.807, 2.05) is 13.0 Å². The second kappa shape index (κ2) is 7.77. The van der Waals surface area contributed by atoms with E-state index in [0.29, 0.717) is 24.7 Å². The molecule has 3 heterocycles. The maximum atomic E-state index is 11.0. The lowest BCUT2D eigenvalue weighted by molar-refractivity contribution is -0.385. The Morgan fingerprint density at radius 1 is 1.21 bits per heavy atom. The highest BCUT2D eigenvalue weighted by atomic mass is 16.6. The SMILES string of the molecule is Cc1cc(N2CCN(CCOc3ccccc3[N+](=O)[O-])CC2)n2ncnc2n1. The van der Waals surface area contributed by atoms with E-state index < -0.39 is 4.92 Å². The number of fused-ring (bicyclic) bond motifs is 1. The summed E-state index contributed by atoms with van der Waals surface area (Å²) in [6.45, 7) is 6.53. The van der Waals surface area contributed by atoms with Crippen molar-refractivity contribution in [1.29, 1.82) is 0 Å². The Morgan fingerprint density at radius 2 is 2.00 bits per heavy atom. The molecule has 1 saturated heterocycles. The minimum Gasteiger partial charge on any atom is -0.485 e. The van der Waals surface area contributed by atoms with Gasteiger partial charge in [-0.25, -0.2) is 4.98 Å². The lowest BCUT2D eigenvalue weighted by Gasteiger charge is -2.35. The number of para-hydroxylation sites is 2. The first-order valence-electron chi connectivity index (χ1n) is 9.13. The van der Waals surface area contributed by atoms with Crippen LogP contribution in [0.4, 0.5) is 11.5 Å². The minimum absolute atomic E-state index is 0.00257. The van der Waals surface area contributed by atoms with Gasteiger partial charge in [0.25, 0.3) is 5.78 Å². The van der Waals surface area contributed by atoms with Crippen LogP contribution in [0.2, 0.25) is 0 Å². The molecule has 0 atom stereocenters. The quantitative estimate of drug-likeness (QED) is 0.467. The molecule has 10 nitrogen and oxygen atoms in total. The molecule has 10 heteroatoms. The standard InChI is InChI=1S/C18H21N7O3/c1-14-12-17(24-18(21-14)19-13-20-24)23-8-6-22(7-9-23)10-11-28-16-5-3-2-4-15(16)25(26)27/h2-5,12-13H,6-11H2,1H3. The van der Waals surface area contributed by atoms with Crippen molar-refractivity contribution >= 4 is 17.3 Å². The van der Waals surface area contributed by atoms with Crippen LogP contribution < -0.4 is 9.64 Å². The molecule has 0 amide bonds. The number of nitro benzene ring substituents is 1. The summed E-state index contributed by atoms with van der Waals surface area (Å²) in [5.41, 5.74) is 0.910. The van der Waals surface area contributed by atoms with Crippen LogP contribution in [0.5, 0.6) is 5.75 Å². The van der Waals surface area contributed by atoms with Crippen molar-refractivity contribution in [1.82, 2.24) is 24.5 Å². The van der Waals surface area contributed by atoms with E-state index in [1.54, 1.807) is 22.7 Å². The zero-order valence-electron chi connectivity index (χ0n) is 15.6. The Labute approximate surface area is 161 Å². The average molecular weight is 383 g/mol. The highest BCUT2D eigenvalue weighted by Crippen LogP contribution is 2.25. The monoisotopic (exact) mass is 383 g/mol. The van der Waals surface area contributed by atoms with E-state index in [4.69, 9.17) is 4.74 Å². The van der Waals surface area contributed by atoms with E-state index in [2.05, 4.69) is 24.9 Å². The van der Waals surface area contributed by atoms with Gasteiger partial charge in [0.2, 0.25) is 0 Å². The molecule has 1 aromatic carbocycles. The summed E-state index contributed by atoms with van der Waals surface area (Å²) >= 11 is 0. The predicted molar refractivity (Wildman–Crippen MR) is 103 cm³/mol. The number of rotatable bonds is 6. The molecule has 0 bridgehead atoms. The second-order valence-electron chi connectivity index (χ2n) is 6.63. The summed E-state index contributed by atoms with van der Waals surface area (Å²) in [5, 5.41) is 15.3. The highest BCUT2D eigenvalue weighted by molar-refractivity contribution is 5.47. The number of anilines is 1. The highest BCUT2D eigenvalue weighted by Gasteiger charge is 2.21. The van der Waals surface area contributed by atoms with Gasteiger partial charge >= 0.3 is 5.69 Å². The Morgan fingerprint density at radius 3 is 2.79 bits per heavy atom. The van der Waals surface area contributed by atoms with Crippen LogP contribution in [-0.2, 0) is 0 Å². The lowest BCUT2D eigenvalue weighted by atomic mass is 10.3. The van der Waals surface area contributed by atoms with Crippen molar-refractivity contribution in [2.75, 3.05) is 44.2 Å². The Balaban J connectivity index is 1.32. The van der Waals surface area contributed by atoms with E-state index in [1.165, 1.54) is 12.4 Å². The Kier molecular flexibility index (Phi) is 5.02. The zero-order valence-corrected chi connectivity index (χ0v) is 15.6. The van der Waals surface area contributed by atoms with Crippen LogP contribution in [0, 0.1) is 17.0 Å². The fraction of sp³-hybridized carbons (Fsp3) is 0.389. The molecule has 1 fully saturated rings. The molecule has 3 aromatic rings. The molecule has 0 radical (unpaired) electrons. The van der Waals surface area contributed by atoms with Gasteiger partial charge in [-0.3, -0.25) is 15.0 Å². The van der Waals surface area contributed by atoms with Crippen LogP contribution in [0.25, 0.3) is 5.78 Å². The van der Waals surface area contributed by atoms with Crippen molar-refractivity contribution in [2.24, 2.45) is 0 Å². The third-order valence-corrected chi connectivity index (χ3v) is 4.78. The van der Waals surface area contributed by atoms with Crippen molar-refractivity contribution < 1.29 is 9.66 Å². The van der Waals surface area contributed by atoms with Gasteiger partial charge in [-0.05, 0) is 13.0 Å². The van der Waals surface area contributed by atoms with E-state index in [0.717, 1.165) is 37.7 Å². The maximum absolute atomic E-state index is 11.0. The van der Waals surface area contributed by atoms with Gasteiger partial charge in [0.1, 0.15) is 18.8 Å². The summed E-state index contributed by atoms with van der Waals surface area (Å²) < 4.78 is 7.41. The number of nitro groups is 1. The molecule has 0 N–H and O–H groups in total. The molecule has 1 aliphatic rings. The number of benzene rings is 1. The van der Waals surface area contributed by atoms with Crippen LogP contribution >= 0.6 is 0 Å². The maximum Gasteiger partial charge on any atom is 0.310 e. The predicted octanol–water partition coefficient (Wildman–Crippen LogP) is 1.54. The Bertz CT molecular complexity index is 982. The number of nitrogens with zero attached hydrogens (tertiary/aromatic N) is 7. The lowest BCUT2D eigenvalue weighted by Crippen LogP contribution is -2.48. The average Bonchev–Trinajstić information content (AvgIpc) is 3.16. The first-order chi connectivity index (χ1) is 13.6. The van der Waals surface area contributed by atoms with Crippen LogP contribution in [0.15, 0.2) is 36.7 Å². The van der Waals surface area contributed by atoms with Gasteiger partial charge < -0.3 is 9.64 Å². The van der Waals surface area contributed by atoms with E-state index in [9.17, 15) is 10.1 Å². The van der Waals surface area contributed by atoms with E-state index >= 15 is 0 Å². The van der Waals surface area contributed by atoms with Crippen LogP contribution in [0.3, 0.4) is 0 Å². The van der Waals surface area contributed by atoms with Gasteiger partial charge in [-0.2, -0.15) is 14.6 Å². The van der Waals surface area contributed by atoms with Crippen LogP contribution in [-0.4, -0.2) is 68.7 Å². The largest absolute Gasteiger partial charge is 0.485 e. The number of piperazine rings is 1. The number of aryl methyl sites for hydroxylation is 1. The Hall–Kier alpha value is -3.27. The summed E-state index contributed by atoms with van der Waals surface area (Å²) in [4.78, 5) is 23.8. The van der Waals surface area contributed by atoms with Gasteiger partial charge in [0.05, 0.1) is 4.92 Å². The summed E-state index contributed by atoms with van der Waals surface area (Å²) in [7, 11) is 0. The third-order valence-electron chi connectivity index (χ3n) is 4.78. The number of ether oxygens (including phenoxy) is 1. The molecule has 0 aliphatic carbocycles. The number of hydrogen-bond donors (Lipinski definition) is 0. The van der Waals surface area contributed by atoms with E-state index in [-0.39, 0.29) is 5.69 Å². The van der Waals surface area contributed by atoms with Crippen molar-refractivity contribution in [2.45, 2.75) is 6.92 Å². The fourth-order valence-electron chi connectivity index (χ4n) is 3.35. The molecule has 0 saturated carbocycles. The molecule has 4 rings (SSSR count). The third kappa shape index (κ3) is 3.72. The number of aromatic nitrogens is 4. The first-order valence-corrected chi connectivity index (χ1v) is 9.13. The van der Waals surface area contributed by atoms with Crippen molar-refractivity contribution in [3.63, 3.8) is 0 Å². The fourth-order valence-corrected chi connectivity index (χ4v) is 3.35. The van der Waals surface area contributed by atoms with Crippen molar-refractivity contribution in [3.05, 3.63) is 52.5 Å². The second-order valence-corrected chi connectivity index (χ2v) is 6.63. The molecule has 0 unspecified atom stereocenters. The normalized spacial score (nSPS) is 15.1. The first kappa shape index (κ1) is 18.1. The molecule has 1 aliphatic heterocycles. The molecule has 28 heavy (non-hydrogen) atoms. The van der Waals surface area contributed by atoms with Gasteiger partial charge in [-0.1, -0.05) is 12.1 Å². The summed E-state index contributed by atoms with van der Waals surface area (Å²) in [5.74, 6) is 1.91. The van der Waals surface area contributed by atoms with Gasteiger partial charge in [-0.15, -0.1) is 0 Å². The molecule has 0 spiro atoms.